The first-order valence-corrected chi connectivity index (χ1v) is 8.34. The number of methoxy groups -OCH3 is 1. The van der Waals surface area contributed by atoms with Crippen LogP contribution in [0.25, 0.3) is 10.8 Å². The van der Waals surface area contributed by atoms with Crippen molar-refractivity contribution in [1.82, 2.24) is 10.6 Å². The van der Waals surface area contributed by atoms with Gasteiger partial charge in [0.25, 0.3) is 0 Å². The smallest absolute Gasteiger partial charge is 0.191 e. The fraction of sp³-hybridized carbons (Fsp3) is 0.190. The molecule has 0 aliphatic heterocycles. The first-order valence-electron chi connectivity index (χ1n) is 8.34. The van der Waals surface area contributed by atoms with Gasteiger partial charge < -0.3 is 15.4 Å². The largest absolute Gasteiger partial charge is 0.497 e. The minimum absolute atomic E-state index is 0. The molecule has 3 aromatic rings. The predicted octanol–water partition coefficient (Wildman–Crippen LogP) is 4.33. The zero-order valence-electron chi connectivity index (χ0n) is 15.0. The van der Waals surface area contributed by atoms with E-state index in [-0.39, 0.29) is 24.0 Å². The molecule has 3 rings (SSSR count). The molecular weight excluding hydrogens is 437 g/mol. The van der Waals surface area contributed by atoms with Crippen molar-refractivity contribution in [3.8, 4) is 5.75 Å². The van der Waals surface area contributed by atoms with Crippen LogP contribution in [0.1, 0.15) is 11.1 Å². The third-order valence-corrected chi connectivity index (χ3v) is 4.14. The van der Waals surface area contributed by atoms with Gasteiger partial charge in [-0.3, -0.25) is 4.99 Å². The number of benzene rings is 3. The quantitative estimate of drug-likeness (QED) is 0.338. The summed E-state index contributed by atoms with van der Waals surface area (Å²) < 4.78 is 5.26. The molecule has 4 nitrogen and oxygen atoms in total. The van der Waals surface area contributed by atoms with Crippen molar-refractivity contribution < 1.29 is 4.74 Å². The Hall–Kier alpha value is -2.28. The Kier molecular flexibility index (Phi) is 7.72. The molecular formula is C21H24IN3O. The molecule has 0 atom stereocenters. The van der Waals surface area contributed by atoms with E-state index in [1.165, 1.54) is 16.3 Å². The Morgan fingerprint density at radius 1 is 0.923 bits per heavy atom. The maximum atomic E-state index is 5.26. The number of guanidine groups is 1. The molecule has 0 bridgehead atoms. The summed E-state index contributed by atoms with van der Waals surface area (Å²) in [4.78, 5) is 4.30. The molecule has 0 saturated heterocycles. The summed E-state index contributed by atoms with van der Waals surface area (Å²) in [6, 6.07) is 22.8. The van der Waals surface area contributed by atoms with Gasteiger partial charge >= 0.3 is 0 Å². The number of nitrogens with one attached hydrogen (secondary N) is 2. The van der Waals surface area contributed by atoms with Crippen LogP contribution >= 0.6 is 24.0 Å². The number of aliphatic imine (C=N–C) groups is 1. The Balaban J connectivity index is 0.00000243. The van der Waals surface area contributed by atoms with Crippen LogP contribution in [0.5, 0.6) is 5.75 Å². The fourth-order valence-electron chi connectivity index (χ4n) is 2.81. The number of halogens is 1. The standard InChI is InChI=1S/C21H23N3O.HI/c1-22-21(23-14-16-7-5-11-19(13-16)25-2)24-15-18-10-6-9-17-8-3-4-12-20(17)18;/h3-13H,14-15H2,1-2H3,(H2,22,23,24);1H. The van der Waals surface area contributed by atoms with Crippen molar-refractivity contribution >= 4 is 40.7 Å². The molecule has 0 aliphatic rings. The van der Waals surface area contributed by atoms with Crippen LogP contribution in [-0.4, -0.2) is 20.1 Å². The summed E-state index contributed by atoms with van der Waals surface area (Å²) in [6.45, 7) is 1.41. The number of nitrogens with zero attached hydrogens (tertiary/aromatic N) is 1. The van der Waals surface area contributed by atoms with Crippen LogP contribution < -0.4 is 15.4 Å². The number of fused-ring (bicyclic) bond motifs is 1. The normalized spacial score (nSPS) is 10.9. The Morgan fingerprint density at radius 2 is 1.65 bits per heavy atom. The van der Waals surface area contributed by atoms with Crippen molar-refractivity contribution in [3.05, 3.63) is 77.9 Å². The van der Waals surface area contributed by atoms with E-state index in [0.717, 1.165) is 23.8 Å². The molecule has 0 saturated carbocycles. The highest BCUT2D eigenvalue weighted by atomic mass is 127. The van der Waals surface area contributed by atoms with E-state index >= 15 is 0 Å². The molecule has 0 radical (unpaired) electrons. The van der Waals surface area contributed by atoms with Crippen LogP contribution in [0.2, 0.25) is 0 Å². The maximum absolute atomic E-state index is 5.26. The van der Waals surface area contributed by atoms with Crippen molar-refractivity contribution in [2.45, 2.75) is 13.1 Å². The number of hydrogen-bond donors (Lipinski definition) is 2. The summed E-state index contributed by atoms with van der Waals surface area (Å²) >= 11 is 0. The Morgan fingerprint density at radius 3 is 2.46 bits per heavy atom. The first-order chi connectivity index (χ1) is 12.3. The van der Waals surface area contributed by atoms with Gasteiger partial charge in [0.1, 0.15) is 5.75 Å². The van der Waals surface area contributed by atoms with E-state index in [2.05, 4.69) is 64.2 Å². The Labute approximate surface area is 171 Å². The summed E-state index contributed by atoms with van der Waals surface area (Å²) in [5, 5.41) is 9.24. The second kappa shape index (κ2) is 10.0. The van der Waals surface area contributed by atoms with Gasteiger partial charge in [-0.05, 0) is 34.0 Å². The van der Waals surface area contributed by atoms with Crippen LogP contribution in [0.4, 0.5) is 0 Å². The monoisotopic (exact) mass is 461 g/mol. The molecule has 2 N–H and O–H groups in total. The number of rotatable bonds is 5. The molecule has 0 spiro atoms. The third kappa shape index (κ3) is 5.11. The molecule has 136 valence electrons. The lowest BCUT2D eigenvalue weighted by atomic mass is 10.0. The molecule has 0 unspecified atom stereocenters. The zero-order chi connectivity index (χ0) is 17.5. The van der Waals surface area contributed by atoms with E-state index in [4.69, 9.17) is 4.74 Å². The van der Waals surface area contributed by atoms with E-state index < -0.39 is 0 Å². The van der Waals surface area contributed by atoms with E-state index in [1.54, 1.807) is 14.2 Å². The second-order valence-corrected chi connectivity index (χ2v) is 5.77. The lowest BCUT2D eigenvalue weighted by molar-refractivity contribution is 0.414. The molecule has 0 aromatic heterocycles. The first kappa shape index (κ1) is 20.0. The summed E-state index contributed by atoms with van der Waals surface area (Å²) in [7, 11) is 3.46. The van der Waals surface area contributed by atoms with Crippen molar-refractivity contribution in [3.63, 3.8) is 0 Å². The average molecular weight is 461 g/mol. The van der Waals surface area contributed by atoms with E-state index in [9.17, 15) is 0 Å². The predicted molar refractivity (Wildman–Crippen MR) is 119 cm³/mol. The van der Waals surface area contributed by atoms with E-state index in [1.807, 2.05) is 18.2 Å². The zero-order valence-corrected chi connectivity index (χ0v) is 17.4. The van der Waals surface area contributed by atoms with E-state index in [0.29, 0.717) is 6.54 Å². The molecule has 26 heavy (non-hydrogen) atoms. The van der Waals surface area contributed by atoms with Gasteiger partial charge in [-0.2, -0.15) is 0 Å². The average Bonchev–Trinajstić information content (AvgIpc) is 2.68. The molecule has 0 fully saturated rings. The van der Waals surface area contributed by atoms with Gasteiger partial charge in [-0.15, -0.1) is 24.0 Å². The van der Waals surface area contributed by atoms with Gasteiger partial charge in [-0.25, -0.2) is 0 Å². The summed E-state index contributed by atoms with van der Waals surface area (Å²) in [6.07, 6.45) is 0. The summed E-state index contributed by atoms with van der Waals surface area (Å²) in [5.74, 6) is 1.63. The highest BCUT2D eigenvalue weighted by Gasteiger charge is 2.03. The molecule has 0 amide bonds. The van der Waals surface area contributed by atoms with Crippen molar-refractivity contribution in [2.75, 3.05) is 14.2 Å². The van der Waals surface area contributed by atoms with Crippen LogP contribution in [-0.2, 0) is 13.1 Å². The molecule has 0 heterocycles. The number of hydrogen-bond acceptors (Lipinski definition) is 2. The molecule has 3 aromatic carbocycles. The lowest BCUT2D eigenvalue weighted by Gasteiger charge is -2.13. The van der Waals surface area contributed by atoms with Crippen LogP contribution in [0.15, 0.2) is 71.7 Å². The molecule has 0 aliphatic carbocycles. The van der Waals surface area contributed by atoms with Crippen LogP contribution in [0.3, 0.4) is 0 Å². The minimum Gasteiger partial charge on any atom is -0.497 e. The Bertz CT molecular complexity index is 875. The van der Waals surface area contributed by atoms with Crippen molar-refractivity contribution in [2.24, 2.45) is 4.99 Å². The SMILES string of the molecule is CN=C(NCc1cccc(OC)c1)NCc1cccc2ccccc12.I. The van der Waals surface area contributed by atoms with Gasteiger partial charge in [0.15, 0.2) is 5.96 Å². The third-order valence-electron chi connectivity index (χ3n) is 4.14. The minimum atomic E-state index is 0. The topological polar surface area (TPSA) is 45.7 Å². The van der Waals surface area contributed by atoms with Gasteiger partial charge in [0.05, 0.1) is 7.11 Å². The fourth-order valence-corrected chi connectivity index (χ4v) is 2.81. The lowest BCUT2D eigenvalue weighted by Crippen LogP contribution is -2.36. The maximum Gasteiger partial charge on any atom is 0.191 e. The van der Waals surface area contributed by atoms with Crippen LogP contribution in [0, 0.1) is 0 Å². The summed E-state index contributed by atoms with van der Waals surface area (Å²) in [5.41, 5.74) is 2.40. The van der Waals surface area contributed by atoms with Gasteiger partial charge in [0.2, 0.25) is 0 Å². The highest BCUT2D eigenvalue weighted by Crippen LogP contribution is 2.18. The van der Waals surface area contributed by atoms with Gasteiger partial charge in [0, 0.05) is 20.1 Å². The highest BCUT2D eigenvalue weighted by molar-refractivity contribution is 14.0. The molecule has 5 heteroatoms. The van der Waals surface area contributed by atoms with Crippen molar-refractivity contribution in [1.29, 1.82) is 0 Å². The second-order valence-electron chi connectivity index (χ2n) is 5.77. The number of ether oxygens (including phenoxy) is 1. The van der Waals surface area contributed by atoms with Gasteiger partial charge in [-0.1, -0.05) is 54.6 Å².